The summed E-state index contributed by atoms with van der Waals surface area (Å²) in [5.41, 5.74) is 8.71. The molecule has 1 atom stereocenters. The molecular weight excluding hydrogens is 682 g/mol. The summed E-state index contributed by atoms with van der Waals surface area (Å²) in [6, 6.07) is 12.0. The molecule has 0 aliphatic carbocycles. The van der Waals surface area contributed by atoms with E-state index in [1.54, 1.807) is 24.5 Å². The van der Waals surface area contributed by atoms with Gasteiger partial charge in [-0.3, -0.25) is 24.0 Å². The van der Waals surface area contributed by atoms with E-state index in [0.717, 1.165) is 10.8 Å². The van der Waals surface area contributed by atoms with Crippen LogP contribution in [0.1, 0.15) is 5.56 Å². The summed E-state index contributed by atoms with van der Waals surface area (Å²) in [6.07, 6.45) is 4.85. The number of benzene rings is 2. The third-order valence-corrected chi connectivity index (χ3v) is 9.24. The quantitative estimate of drug-likeness (QED) is 0.105. The van der Waals surface area contributed by atoms with E-state index in [4.69, 9.17) is 19.9 Å². The zero-order chi connectivity index (χ0) is 35.3. The molecule has 3 heterocycles. The largest absolute Gasteiger partial charge is 0.493 e. The van der Waals surface area contributed by atoms with Crippen LogP contribution >= 0.6 is 0 Å². The summed E-state index contributed by atoms with van der Waals surface area (Å²) in [5, 5.41) is 2.14. The number of anilines is 1. The number of nitrogens with two attached hydrogens (primary N) is 1. The number of nitrogen functional groups attached to an aromatic ring is 1. The van der Waals surface area contributed by atoms with E-state index in [1.807, 2.05) is 12.1 Å². The molecule has 0 spiro atoms. The monoisotopic (exact) mass is 715 g/mol. The van der Waals surface area contributed by atoms with E-state index < -0.39 is 43.6 Å². The van der Waals surface area contributed by atoms with Gasteiger partial charge in [0, 0.05) is 53.9 Å². The molecule has 0 fully saturated rings. The highest BCUT2D eigenvalue weighted by Crippen LogP contribution is 2.37. The van der Waals surface area contributed by atoms with Crippen LogP contribution in [0.25, 0.3) is 32.9 Å². The van der Waals surface area contributed by atoms with Gasteiger partial charge in [-0.1, -0.05) is 12.1 Å². The number of halogens is 1. The summed E-state index contributed by atoms with van der Waals surface area (Å²) in [5.74, 6) is -0.296. The molecule has 0 saturated heterocycles. The third-order valence-electron chi connectivity index (χ3n) is 7.84. The van der Waals surface area contributed by atoms with E-state index >= 15 is 0 Å². The maximum Gasteiger partial charge on any atom is 0.266 e. The van der Waals surface area contributed by atoms with Gasteiger partial charge in [0.15, 0.2) is 11.5 Å². The van der Waals surface area contributed by atoms with Crippen molar-refractivity contribution in [1.82, 2.24) is 19.9 Å². The third kappa shape index (κ3) is 9.27. The van der Waals surface area contributed by atoms with Crippen molar-refractivity contribution in [2.75, 3.05) is 51.2 Å². The highest BCUT2D eigenvalue weighted by atomic mass is 32.2. The van der Waals surface area contributed by atoms with Gasteiger partial charge >= 0.3 is 0 Å². The van der Waals surface area contributed by atoms with E-state index in [9.17, 15) is 30.3 Å². The summed E-state index contributed by atoms with van der Waals surface area (Å²) in [6.45, 7) is -0.659. The van der Waals surface area contributed by atoms with Crippen LogP contribution in [0, 0.1) is 5.82 Å². The fraction of sp³-hybridized carbons (Fsp3) is 0.281. The predicted octanol–water partition coefficient (Wildman–Crippen LogP) is 3.65. The van der Waals surface area contributed by atoms with Gasteiger partial charge in [0.2, 0.25) is 0 Å². The zero-order valence-electron chi connectivity index (χ0n) is 26.5. The average molecular weight is 716 g/mol. The second kappa shape index (κ2) is 14.8. The first-order valence-electron chi connectivity index (χ1n) is 14.8. The summed E-state index contributed by atoms with van der Waals surface area (Å²) >= 11 is 0. The van der Waals surface area contributed by atoms with Gasteiger partial charge in [-0.25, -0.2) is 9.37 Å². The van der Waals surface area contributed by atoms with Crippen LogP contribution in [0.4, 0.5) is 10.2 Å². The number of hydrogen-bond acceptors (Lipinski definition) is 12. The average Bonchev–Trinajstić information content (AvgIpc) is 3.06. The lowest BCUT2D eigenvalue weighted by molar-refractivity contribution is 0.145. The molecular formula is C32H34FN5O9S2. The normalized spacial score (nSPS) is 12.8. The number of nitrogens with zero attached hydrogens (tertiary/aromatic N) is 4. The number of hydrogen-bond donors (Lipinski definition) is 3. The Bertz CT molecular complexity index is 2150. The lowest BCUT2D eigenvalue weighted by Gasteiger charge is -2.31. The van der Waals surface area contributed by atoms with Gasteiger partial charge in [0.05, 0.1) is 43.1 Å². The Balaban J connectivity index is 1.47. The highest BCUT2D eigenvalue weighted by molar-refractivity contribution is 7.86. The summed E-state index contributed by atoms with van der Waals surface area (Å²) in [7, 11) is -5.76. The second-order valence-corrected chi connectivity index (χ2v) is 14.3. The molecule has 3 aromatic heterocycles. The van der Waals surface area contributed by atoms with Gasteiger partial charge in [-0.15, -0.1) is 0 Å². The molecule has 1 unspecified atom stereocenters. The van der Waals surface area contributed by atoms with Crippen LogP contribution in [0.15, 0.2) is 67.1 Å². The van der Waals surface area contributed by atoms with E-state index in [0.29, 0.717) is 45.0 Å². The fourth-order valence-corrected chi connectivity index (χ4v) is 6.29. The Morgan fingerprint density at radius 2 is 1.51 bits per heavy atom. The van der Waals surface area contributed by atoms with Crippen molar-refractivity contribution in [3.63, 3.8) is 0 Å². The molecule has 17 heteroatoms. The van der Waals surface area contributed by atoms with Crippen molar-refractivity contribution in [3.8, 4) is 28.5 Å². The molecule has 14 nitrogen and oxygen atoms in total. The standard InChI is InChI=1S/C32H34FN5O9S2/c1-45-30-14-26-25-13-28(37-32(34)27(25)18-36-29(26)15-31(30)46-2)21-12-24(17-35-16-21)47-19-23(11-20-3-5-22(33)6-4-20)38(7-9-48(39,40)41)8-10-49(42,43)44/h3-6,12-18,23H,7-11,19H2,1-2H3,(H2,34,37)(H,39,40,41)(H,42,43,44). The van der Waals surface area contributed by atoms with E-state index in [-0.39, 0.29) is 31.9 Å². The minimum Gasteiger partial charge on any atom is -0.493 e. The van der Waals surface area contributed by atoms with Crippen molar-refractivity contribution in [3.05, 3.63) is 78.5 Å². The van der Waals surface area contributed by atoms with Crippen LogP contribution < -0.4 is 19.9 Å². The Hall–Kier alpha value is -4.68. The number of methoxy groups -OCH3 is 2. The van der Waals surface area contributed by atoms with Crippen LogP contribution in [-0.4, -0.2) is 97.3 Å². The maximum absolute atomic E-state index is 13.6. The number of rotatable bonds is 15. The van der Waals surface area contributed by atoms with Gasteiger partial charge < -0.3 is 19.9 Å². The highest BCUT2D eigenvalue weighted by Gasteiger charge is 2.24. The predicted molar refractivity (Wildman–Crippen MR) is 182 cm³/mol. The first-order valence-corrected chi connectivity index (χ1v) is 18.0. The second-order valence-electron chi connectivity index (χ2n) is 11.1. The first-order chi connectivity index (χ1) is 23.2. The van der Waals surface area contributed by atoms with Gasteiger partial charge in [-0.2, -0.15) is 16.8 Å². The summed E-state index contributed by atoms with van der Waals surface area (Å²) < 4.78 is 95.8. The number of aromatic nitrogens is 3. The van der Waals surface area contributed by atoms with Gasteiger partial charge in [-0.05, 0) is 47.7 Å². The number of pyridine rings is 3. The van der Waals surface area contributed by atoms with Crippen LogP contribution in [0.5, 0.6) is 17.2 Å². The minimum atomic E-state index is -4.42. The van der Waals surface area contributed by atoms with Gasteiger partial charge in [0.1, 0.15) is 24.0 Å². The Labute approximate surface area is 282 Å². The number of fused-ring (bicyclic) bond motifs is 3. The first kappa shape index (κ1) is 35.6. The Morgan fingerprint density at radius 1 is 0.857 bits per heavy atom. The molecule has 49 heavy (non-hydrogen) atoms. The van der Waals surface area contributed by atoms with Crippen molar-refractivity contribution in [1.29, 1.82) is 0 Å². The zero-order valence-corrected chi connectivity index (χ0v) is 28.1. The Kier molecular flexibility index (Phi) is 10.8. The molecule has 0 radical (unpaired) electrons. The summed E-state index contributed by atoms with van der Waals surface area (Å²) in [4.78, 5) is 14.8. The van der Waals surface area contributed by atoms with Crippen LogP contribution in [-0.2, 0) is 26.7 Å². The van der Waals surface area contributed by atoms with Crippen LogP contribution in [0.2, 0.25) is 0 Å². The molecule has 5 aromatic rings. The van der Waals surface area contributed by atoms with Crippen molar-refractivity contribution in [2.24, 2.45) is 0 Å². The molecule has 0 bridgehead atoms. The van der Waals surface area contributed by atoms with Crippen molar-refractivity contribution in [2.45, 2.75) is 12.5 Å². The fourth-order valence-electron chi connectivity index (χ4n) is 5.36. The van der Waals surface area contributed by atoms with Gasteiger partial charge in [0.25, 0.3) is 20.2 Å². The van der Waals surface area contributed by atoms with E-state index in [1.165, 1.54) is 49.6 Å². The number of ether oxygens (including phenoxy) is 3. The Morgan fingerprint density at radius 3 is 2.14 bits per heavy atom. The lowest BCUT2D eigenvalue weighted by Crippen LogP contribution is -2.45. The molecule has 0 aliphatic rings. The maximum atomic E-state index is 13.6. The lowest BCUT2D eigenvalue weighted by atomic mass is 10.0. The molecule has 0 amide bonds. The topological polar surface area (TPSA) is 204 Å². The molecule has 2 aromatic carbocycles. The SMILES string of the molecule is COc1cc2ncc3c(N)nc(-c4cncc(OCC(Cc5ccc(F)cc5)N(CCS(=O)(=O)O)CCS(=O)(=O)O)c4)cc3c2cc1OC. The van der Waals surface area contributed by atoms with E-state index in [2.05, 4.69) is 15.0 Å². The molecule has 0 aliphatic heterocycles. The molecule has 0 saturated carbocycles. The minimum absolute atomic E-state index is 0.106. The van der Waals surface area contributed by atoms with Crippen molar-refractivity contribution < 1.29 is 44.5 Å². The molecule has 5 rings (SSSR count). The molecule has 260 valence electrons. The van der Waals surface area contributed by atoms with Crippen molar-refractivity contribution >= 4 is 47.7 Å². The smallest absolute Gasteiger partial charge is 0.266 e. The van der Waals surface area contributed by atoms with Crippen LogP contribution in [0.3, 0.4) is 0 Å². The molecule has 4 N–H and O–H groups in total.